The van der Waals surface area contributed by atoms with Gasteiger partial charge in [-0.25, -0.2) is 9.18 Å². The molecule has 1 saturated heterocycles. The van der Waals surface area contributed by atoms with Crippen LogP contribution in [0, 0.1) is 5.82 Å². The van der Waals surface area contributed by atoms with E-state index in [2.05, 4.69) is 6.92 Å². The van der Waals surface area contributed by atoms with Gasteiger partial charge in [-0.15, -0.1) is 0 Å². The molecule has 1 aromatic heterocycles. The second-order valence-electron chi connectivity index (χ2n) is 8.24. The molecule has 1 saturated carbocycles. The molecule has 2 aromatic rings. The van der Waals surface area contributed by atoms with E-state index in [0.29, 0.717) is 11.2 Å². The van der Waals surface area contributed by atoms with Crippen molar-refractivity contribution in [3.63, 3.8) is 0 Å². The molecular weight excluding hydrogens is 465 g/mol. The van der Waals surface area contributed by atoms with Crippen LogP contribution in [0.3, 0.4) is 0 Å². The van der Waals surface area contributed by atoms with Gasteiger partial charge in [0.15, 0.2) is 0 Å². The van der Waals surface area contributed by atoms with Gasteiger partial charge in [-0.1, -0.05) is 0 Å². The first-order chi connectivity index (χ1) is 16.0. The smallest absolute Gasteiger partial charge is 0.341 e. The lowest BCUT2D eigenvalue weighted by atomic mass is 10.1. The number of halogens is 1. The minimum absolute atomic E-state index is 0. The van der Waals surface area contributed by atoms with Gasteiger partial charge in [0, 0.05) is 30.5 Å². The van der Waals surface area contributed by atoms with Crippen molar-refractivity contribution in [3.8, 4) is 0 Å². The van der Waals surface area contributed by atoms with E-state index in [9.17, 15) is 19.1 Å². The molecule has 0 bridgehead atoms. The number of aliphatic carboxylic acids is 2. The summed E-state index contributed by atoms with van der Waals surface area (Å²) in [5, 5.41) is 25.8. The van der Waals surface area contributed by atoms with Crippen molar-refractivity contribution in [1.82, 2.24) is 4.57 Å². The molecule has 11 nitrogen and oxygen atoms in total. The average Bonchev–Trinajstić information content (AvgIpc) is 3.58. The number of carbonyl (C=O) groups is 3. The number of benzene rings is 1. The number of carbonyl (C=O) groups excluding carboxylic acids is 1. The summed E-state index contributed by atoms with van der Waals surface area (Å²) in [6.07, 6.45) is 3.32. The summed E-state index contributed by atoms with van der Waals surface area (Å²) < 4.78 is 16.6. The quantitative estimate of drug-likeness (QED) is 0.478. The maximum atomic E-state index is 14.8. The van der Waals surface area contributed by atoms with Gasteiger partial charge in [-0.05, 0) is 38.8 Å². The van der Waals surface area contributed by atoms with Crippen LogP contribution < -0.4 is 20.3 Å². The number of likely N-dealkylation sites (N-methyl/N-ethyl adjacent to an activating group) is 1. The Morgan fingerprint density at radius 2 is 1.66 bits per heavy atom. The molecule has 1 aliphatic carbocycles. The van der Waals surface area contributed by atoms with Gasteiger partial charge in [0.25, 0.3) is 5.97 Å². The normalized spacial score (nSPS) is 15.1. The fraction of sp³-hybridized carbons (Fsp3) is 0.478. The number of carboxylic acid groups (broad SMARTS) is 3. The second kappa shape index (κ2) is 12.8. The number of piperazine rings is 1. The lowest BCUT2D eigenvalue weighted by molar-refractivity contribution is -0.898. The largest absolute Gasteiger partial charge is 0.550 e. The molecule has 5 N–H and O–H groups in total. The highest BCUT2D eigenvalue weighted by atomic mass is 19.1. The van der Waals surface area contributed by atoms with Crippen molar-refractivity contribution < 1.29 is 44.5 Å². The van der Waals surface area contributed by atoms with Crippen LogP contribution in [-0.4, -0.2) is 70.9 Å². The Hall–Kier alpha value is -3.51. The number of carboxylic acids is 3. The molecule has 0 atom stereocenters. The summed E-state index contributed by atoms with van der Waals surface area (Å²) in [6, 6.07) is 3.14. The molecular formula is C23H32FN3O8. The van der Waals surface area contributed by atoms with Gasteiger partial charge in [0.1, 0.15) is 11.4 Å². The fourth-order valence-corrected chi connectivity index (χ4v) is 3.83. The fourth-order valence-electron chi connectivity index (χ4n) is 3.83. The maximum Gasteiger partial charge on any atom is 0.341 e. The van der Waals surface area contributed by atoms with E-state index in [1.807, 2.05) is 9.47 Å². The van der Waals surface area contributed by atoms with Gasteiger partial charge in [-0.2, -0.15) is 0 Å². The number of nitrogens with zero attached hydrogens (tertiary/aromatic N) is 2. The van der Waals surface area contributed by atoms with E-state index in [1.165, 1.54) is 17.2 Å². The number of anilines is 1. The Morgan fingerprint density at radius 3 is 2.09 bits per heavy atom. The Bertz CT molecular complexity index is 1100. The number of hydrogen-bond acceptors (Lipinski definition) is 6. The third kappa shape index (κ3) is 8.04. The summed E-state index contributed by atoms with van der Waals surface area (Å²) in [5.41, 5.74) is 0.223. The first kappa shape index (κ1) is 29.5. The van der Waals surface area contributed by atoms with Gasteiger partial charge in [0.2, 0.25) is 5.43 Å². The highest BCUT2D eigenvalue weighted by Gasteiger charge is 2.28. The third-order valence-corrected chi connectivity index (χ3v) is 5.58. The van der Waals surface area contributed by atoms with Crippen LogP contribution in [0.5, 0.6) is 0 Å². The Balaban J connectivity index is 0.000000598. The summed E-state index contributed by atoms with van der Waals surface area (Å²) in [6.45, 7) is 8.73. The number of hydrogen-bond donors (Lipinski definition) is 3. The Morgan fingerprint density at radius 1 is 1.14 bits per heavy atom. The lowest BCUT2D eigenvalue weighted by Crippen LogP contribution is -3.14. The number of nitrogens with one attached hydrogen (secondary N) is 1. The molecule has 2 fully saturated rings. The van der Waals surface area contributed by atoms with E-state index < -0.39 is 29.2 Å². The van der Waals surface area contributed by atoms with Crippen LogP contribution in [0.15, 0.2) is 23.1 Å². The van der Waals surface area contributed by atoms with E-state index in [-0.39, 0.29) is 22.5 Å². The lowest BCUT2D eigenvalue weighted by Gasteiger charge is -2.33. The predicted octanol–water partition coefficient (Wildman–Crippen LogP) is -1.08. The van der Waals surface area contributed by atoms with Gasteiger partial charge >= 0.3 is 5.97 Å². The molecule has 12 heteroatoms. The molecule has 0 spiro atoms. The number of aromatic carboxylic acids is 1. The summed E-state index contributed by atoms with van der Waals surface area (Å²) in [4.78, 5) is 45.3. The number of aromatic nitrogens is 1. The molecule has 194 valence electrons. The van der Waals surface area contributed by atoms with E-state index in [0.717, 1.165) is 59.4 Å². The van der Waals surface area contributed by atoms with Crippen molar-refractivity contribution in [2.24, 2.45) is 0 Å². The van der Waals surface area contributed by atoms with Crippen LogP contribution >= 0.6 is 0 Å². The van der Waals surface area contributed by atoms with Crippen LogP contribution in [0.4, 0.5) is 10.1 Å². The number of rotatable bonds is 4. The van der Waals surface area contributed by atoms with Gasteiger partial charge in [-0.3, -0.25) is 9.59 Å². The molecule has 2 heterocycles. The van der Waals surface area contributed by atoms with Crippen LogP contribution in [0.1, 0.15) is 50.0 Å². The van der Waals surface area contributed by atoms with E-state index in [4.69, 9.17) is 19.8 Å². The molecule has 35 heavy (non-hydrogen) atoms. The van der Waals surface area contributed by atoms with Gasteiger partial charge < -0.3 is 40.0 Å². The maximum absolute atomic E-state index is 14.8. The third-order valence-electron chi connectivity index (χ3n) is 5.58. The first-order valence-electron chi connectivity index (χ1n) is 11.0. The molecule has 1 aromatic carbocycles. The molecule has 1 aliphatic heterocycles. The topological polar surface area (TPSA) is 176 Å². The number of fused-ring (bicyclic) bond motifs is 1. The second-order valence-corrected chi connectivity index (χ2v) is 8.24. The molecule has 2 aliphatic rings. The highest BCUT2D eigenvalue weighted by Crippen LogP contribution is 2.38. The predicted molar refractivity (Wildman–Crippen MR) is 124 cm³/mol. The van der Waals surface area contributed by atoms with Crippen molar-refractivity contribution >= 4 is 34.5 Å². The molecule has 4 rings (SSSR count). The van der Waals surface area contributed by atoms with Crippen molar-refractivity contribution in [3.05, 3.63) is 39.9 Å². The molecule has 0 unspecified atom stereocenters. The zero-order valence-corrected chi connectivity index (χ0v) is 20.0. The molecule has 0 amide bonds. The first-order valence-corrected chi connectivity index (χ1v) is 11.0. The minimum atomic E-state index is -1.27. The SMILES string of the molecule is CC(=O)O.CC(=O)[O-].CC[NH+]1CCN(c2cc3c(cc2F)c(=O)c(C(=O)O)cn3C2CC2)CC1.O. The van der Waals surface area contributed by atoms with Crippen LogP contribution in [-0.2, 0) is 9.59 Å². The average molecular weight is 498 g/mol. The summed E-state index contributed by atoms with van der Waals surface area (Å²) in [5.74, 6) is -3.64. The van der Waals surface area contributed by atoms with Crippen LogP contribution in [0.25, 0.3) is 10.9 Å². The number of quaternary nitrogens is 1. The minimum Gasteiger partial charge on any atom is -0.550 e. The highest BCUT2D eigenvalue weighted by molar-refractivity contribution is 5.93. The zero-order chi connectivity index (χ0) is 25.6. The summed E-state index contributed by atoms with van der Waals surface area (Å²) >= 11 is 0. The van der Waals surface area contributed by atoms with E-state index >= 15 is 0 Å². The monoisotopic (exact) mass is 497 g/mol. The van der Waals surface area contributed by atoms with Crippen molar-refractivity contribution in [2.45, 2.75) is 39.7 Å². The standard InChI is InChI=1S/C19H22FN3O3.2C2H4O2.H2O/c1-2-21-5-7-22(8-6-21)17-10-16-13(9-15(17)20)18(24)14(19(25)26)11-23(16)12-3-4-12;2*1-2(3)4;/h9-12H,2-8H2,1H3,(H,25,26);2*1H3,(H,3,4);1H2. The zero-order valence-electron chi connectivity index (χ0n) is 20.0. The van der Waals surface area contributed by atoms with E-state index in [1.54, 1.807) is 6.07 Å². The van der Waals surface area contributed by atoms with Crippen LogP contribution in [0.2, 0.25) is 0 Å². The van der Waals surface area contributed by atoms with Crippen molar-refractivity contribution in [2.75, 3.05) is 37.6 Å². The number of pyridine rings is 1. The Labute approximate surface area is 201 Å². The Kier molecular flexibility index (Phi) is 10.8. The van der Waals surface area contributed by atoms with Gasteiger partial charge in [0.05, 0.1) is 43.9 Å². The summed E-state index contributed by atoms with van der Waals surface area (Å²) in [7, 11) is 0. The van der Waals surface area contributed by atoms with Crippen molar-refractivity contribution in [1.29, 1.82) is 0 Å². The molecule has 0 radical (unpaired) electrons.